The summed E-state index contributed by atoms with van der Waals surface area (Å²) in [6.07, 6.45) is 5.58. The van der Waals surface area contributed by atoms with E-state index in [-0.39, 0.29) is 17.4 Å². The molecule has 0 saturated carbocycles. The van der Waals surface area contributed by atoms with E-state index in [4.69, 9.17) is 25.8 Å². The van der Waals surface area contributed by atoms with E-state index in [9.17, 15) is 14.6 Å². The van der Waals surface area contributed by atoms with Crippen LogP contribution in [-0.4, -0.2) is 70.8 Å². The molecule has 0 radical (unpaired) electrons. The van der Waals surface area contributed by atoms with Gasteiger partial charge in [-0.1, -0.05) is 12.1 Å². The summed E-state index contributed by atoms with van der Waals surface area (Å²) in [5.74, 6) is -1.27. The standard InChI is InChI=1S/C34H30FN11O3/c1-49-45-16-2-3-25(31(45)37)32-42-28-11-10-27(26-9-6-22(35)20-39-26)41-33(28)46(32)24-7-4-21(5-8-24)34(47,48)44-17-13-23(14-18-44)40-29-12-15-38-30(19-36)43-29/h2-12,15-16,20,23,37,47-48H,13-14,17-18H2,1H3,(H,38,40,43)/p+1. The van der Waals surface area contributed by atoms with Gasteiger partial charge >= 0.3 is 5.82 Å². The number of benzene rings is 1. The molecule has 1 saturated heterocycles. The molecule has 0 amide bonds. The molecule has 246 valence electrons. The average molecular weight is 661 g/mol. The third-order valence-corrected chi connectivity index (χ3v) is 8.49. The molecule has 0 bridgehead atoms. The van der Waals surface area contributed by atoms with E-state index in [0.29, 0.717) is 77.2 Å². The van der Waals surface area contributed by atoms with Crippen LogP contribution in [-0.2, 0) is 5.91 Å². The van der Waals surface area contributed by atoms with Crippen molar-refractivity contribution in [3.05, 3.63) is 103 Å². The third-order valence-electron chi connectivity index (χ3n) is 8.49. The predicted molar refractivity (Wildman–Crippen MR) is 176 cm³/mol. The second-order valence-electron chi connectivity index (χ2n) is 11.5. The maximum absolute atomic E-state index is 13.6. The van der Waals surface area contributed by atoms with Gasteiger partial charge in [-0.25, -0.2) is 29.2 Å². The summed E-state index contributed by atoms with van der Waals surface area (Å²) in [6.45, 7) is 0.797. The van der Waals surface area contributed by atoms with Crippen LogP contribution in [0.15, 0.2) is 85.3 Å². The highest BCUT2D eigenvalue weighted by Gasteiger charge is 2.37. The van der Waals surface area contributed by atoms with Crippen molar-refractivity contribution in [3.63, 3.8) is 0 Å². The average Bonchev–Trinajstić information content (AvgIpc) is 3.51. The molecule has 0 spiro atoms. The van der Waals surface area contributed by atoms with E-state index in [2.05, 4.69) is 20.3 Å². The van der Waals surface area contributed by atoms with Gasteiger partial charge in [0, 0.05) is 36.6 Å². The van der Waals surface area contributed by atoms with Crippen LogP contribution in [0.4, 0.5) is 16.0 Å². The lowest BCUT2D eigenvalue weighted by Crippen LogP contribution is -2.51. The largest absolute Gasteiger partial charge is 0.367 e. The van der Waals surface area contributed by atoms with Crippen molar-refractivity contribution in [1.29, 1.82) is 5.26 Å². The third kappa shape index (κ3) is 6.07. The number of aliphatic hydroxyl groups is 2. The first kappa shape index (κ1) is 31.5. The van der Waals surface area contributed by atoms with Gasteiger partial charge in [-0.2, -0.15) is 5.26 Å². The first-order valence-corrected chi connectivity index (χ1v) is 15.4. The Kier molecular flexibility index (Phi) is 8.26. The van der Waals surface area contributed by atoms with Gasteiger partial charge < -0.3 is 20.4 Å². The monoisotopic (exact) mass is 660 g/mol. The van der Waals surface area contributed by atoms with Crippen LogP contribution < -0.4 is 20.6 Å². The van der Waals surface area contributed by atoms with Gasteiger partial charge in [0.25, 0.3) is 5.91 Å². The minimum atomic E-state index is -2.24. The lowest BCUT2D eigenvalue weighted by atomic mass is 10.0. The van der Waals surface area contributed by atoms with Gasteiger partial charge in [0.1, 0.15) is 42.1 Å². The number of nitrogens with zero attached hydrogens (tertiary/aromatic N) is 9. The molecule has 49 heavy (non-hydrogen) atoms. The van der Waals surface area contributed by atoms with Gasteiger partial charge in [-0.3, -0.25) is 15.3 Å². The molecule has 5 aromatic heterocycles. The molecule has 6 aromatic rings. The second-order valence-corrected chi connectivity index (χ2v) is 11.5. The van der Waals surface area contributed by atoms with Gasteiger partial charge in [0.15, 0.2) is 11.5 Å². The van der Waals surface area contributed by atoms with Crippen molar-refractivity contribution >= 4 is 22.8 Å². The van der Waals surface area contributed by atoms with Crippen molar-refractivity contribution in [1.82, 2.24) is 34.4 Å². The topological polar surface area (TPSA) is 188 Å². The number of aromatic nitrogens is 7. The van der Waals surface area contributed by atoms with E-state index in [1.165, 1.54) is 24.1 Å². The van der Waals surface area contributed by atoms with Crippen LogP contribution in [0.3, 0.4) is 0 Å². The Morgan fingerprint density at radius 2 is 1.78 bits per heavy atom. The number of imidazole rings is 1. The Labute approximate surface area is 279 Å². The maximum atomic E-state index is 13.6. The van der Waals surface area contributed by atoms with Crippen molar-refractivity contribution < 1.29 is 24.2 Å². The molecule has 1 fully saturated rings. The number of hydrogen-bond acceptors (Lipinski definition) is 12. The molecule has 6 heterocycles. The molecular weight excluding hydrogens is 629 g/mol. The number of fused-ring (bicyclic) bond motifs is 1. The van der Waals surface area contributed by atoms with Crippen LogP contribution in [0.1, 0.15) is 24.2 Å². The van der Waals surface area contributed by atoms with E-state index in [1.807, 2.05) is 16.7 Å². The summed E-state index contributed by atoms with van der Waals surface area (Å²) >= 11 is 0. The highest BCUT2D eigenvalue weighted by molar-refractivity contribution is 5.84. The number of piperidine rings is 1. The fourth-order valence-corrected chi connectivity index (χ4v) is 5.96. The first-order chi connectivity index (χ1) is 23.7. The molecule has 0 unspecified atom stereocenters. The number of anilines is 2. The highest BCUT2D eigenvalue weighted by Crippen LogP contribution is 2.33. The van der Waals surface area contributed by atoms with E-state index in [1.54, 1.807) is 65.7 Å². The van der Waals surface area contributed by atoms with Crippen molar-refractivity contribution in [2.75, 3.05) is 31.2 Å². The number of nitrogens with one attached hydrogen (secondary N) is 1. The first-order valence-electron chi connectivity index (χ1n) is 15.4. The zero-order valence-corrected chi connectivity index (χ0v) is 26.3. The minimum absolute atomic E-state index is 0.0357. The summed E-state index contributed by atoms with van der Waals surface area (Å²) in [4.78, 5) is 29.0. The molecule has 0 atom stereocenters. The molecule has 15 heteroatoms. The van der Waals surface area contributed by atoms with Crippen molar-refractivity contribution in [2.45, 2.75) is 24.8 Å². The fourth-order valence-electron chi connectivity index (χ4n) is 5.96. The number of nitrogen functional groups attached to an aromatic ring is 1. The molecule has 1 aliphatic rings. The fraction of sp³-hybridized carbons (Fsp3) is 0.206. The summed E-state index contributed by atoms with van der Waals surface area (Å²) in [7, 11) is 1.50. The molecule has 1 aliphatic heterocycles. The zero-order chi connectivity index (χ0) is 34.1. The number of nitrogens with two attached hydrogens (primary N) is 1. The Hall–Kier alpha value is -6.08. The van der Waals surface area contributed by atoms with Crippen molar-refractivity contribution in [3.8, 4) is 34.5 Å². The second kappa shape index (κ2) is 12.8. The molecule has 5 N–H and O–H groups in total. The number of hydrogen-bond donors (Lipinski definition) is 4. The number of halogens is 1. The molecule has 14 nitrogen and oxygen atoms in total. The molecule has 1 aromatic carbocycles. The number of nitriles is 1. The molecule has 7 rings (SSSR count). The number of pyridine rings is 3. The predicted octanol–water partition coefficient (Wildman–Crippen LogP) is 2.55. The SMILES string of the molecule is CO[n+]1cccc(-c2nc3ccc(-c4ccc(F)cn4)nc3n2-c2ccc(C(O)(O)N3CCC(Nc4ccnc(C#N)n4)CC3)cc2)c1N. The van der Waals surface area contributed by atoms with E-state index >= 15 is 0 Å². The van der Waals surface area contributed by atoms with Crippen molar-refractivity contribution in [2.24, 2.45) is 0 Å². The summed E-state index contributed by atoms with van der Waals surface area (Å²) in [6, 6.07) is 20.5. The Bertz CT molecular complexity index is 2180. The van der Waals surface area contributed by atoms with Crippen LogP contribution in [0.5, 0.6) is 0 Å². The lowest BCUT2D eigenvalue weighted by molar-refractivity contribution is -0.873. The summed E-state index contributed by atoms with van der Waals surface area (Å²) < 4.78 is 16.8. The summed E-state index contributed by atoms with van der Waals surface area (Å²) in [5.41, 5.74) is 10.0. The normalized spacial score (nSPS) is 14.1. The van der Waals surface area contributed by atoms with Gasteiger partial charge in [-0.15, -0.1) is 0 Å². The van der Waals surface area contributed by atoms with E-state index in [0.717, 1.165) is 6.20 Å². The quantitative estimate of drug-likeness (QED) is 0.138. The number of likely N-dealkylation sites (tertiary alicyclic amines) is 1. The summed E-state index contributed by atoms with van der Waals surface area (Å²) in [5, 5.41) is 35.1. The van der Waals surface area contributed by atoms with Crippen LogP contribution in [0.2, 0.25) is 0 Å². The maximum Gasteiger partial charge on any atom is 0.323 e. The van der Waals surface area contributed by atoms with Crippen LogP contribution >= 0.6 is 0 Å². The Morgan fingerprint density at radius 3 is 2.49 bits per heavy atom. The minimum Gasteiger partial charge on any atom is -0.367 e. The molecular formula is C34H31FN11O3+. The Balaban J connectivity index is 1.20. The van der Waals surface area contributed by atoms with Gasteiger partial charge in [-0.05, 0) is 72.2 Å². The highest BCUT2D eigenvalue weighted by atomic mass is 19.1. The van der Waals surface area contributed by atoms with Gasteiger partial charge in [0.05, 0.1) is 17.6 Å². The smallest absolute Gasteiger partial charge is 0.323 e. The number of rotatable bonds is 8. The lowest BCUT2D eigenvalue weighted by Gasteiger charge is -2.40. The van der Waals surface area contributed by atoms with Crippen LogP contribution in [0.25, 0.3) is 39.6 Å². The van der Waals surface area contributed by atoms with Gasteiger partial charge in [0.2, 0.25) is 5.82 Å². The van der Waals surface area contributed by atoms with Crippen LogP contribution in [0, 0.1) is 17.1 Å². The van der Waals surface area contributed by atoms with E-state index < -0.39 is 11.7 Å². The zero-order valence-electron chi connectivity index (χ0n) is 26.3. The Morgan fingerprint density at radius 1 is 1.00 bits per heavy atom. The molecule has 0 aliphatic carbocycles.